The molecule has 6 nitrogen and oxygen atoms in total. The zero-order valence-electron chi connectivity index (χ0n) is 18.8. The van der Waals surface area contributed by atoms with Crippen molar-refractivity contribution in [3.63, 3.8) is 0 Å². The molecule has 0 bridgehead atoms. The molecule has 7 heteroatoms. The number of carbonyl (C=O) groups is 1. The van der Waals surface area contributed by atoms with Gasteiger partial charge in [-0.3, -0.25) is 14.7 Å². The van der Waals surface area contributed by atoms with Gasteiger partial charge in [-0.05, 0) is 60.0 Å². The molecule has 33 heavy (non-hydrogen) atoms. The molecule has 2 aromatic heterocycles. The van der Waals surface area contributed by atoms with E-state index in [9.17, 15) is 4.79 Å². The first kappa shape index (κ1) is 22.5. The summed E-state index contributed by atoms with van der Waals surface area (Å²) in [7, 11) is 3.18. The summed E-state index contributed by atoms with van der Waals surface area (Å²) >= 11 is 1.51. The molecule has 0 atom stereocenters. The van der Waals surface area contributed by atoms with E-state index in [1.165, 1.54) is 16.9 Å². The van der Waals surface area contributed by atoms with Crippen LogP contribution < -0.4 is 14.4 Å². The van der Waals surface area contributed by atoms with Gasteiger partial charge in [-0.1, -0.05) is 36.5 Å². The maximum absolute atomic E-state index is 13.3. The standard InChI is InChI=1S/C26H25N3O3S/c1-4-18-8-11-21-24(16-18)33-26(28-21)29(17-20-7-5-6-14-27-20)25(30)13-10-19-9-12-22(31-2)23(15-19)32-3/h5-16H,4,17H2,1-3H3/b13-10+. The molecule has 4 aromatic rings. The topological polar surface area (TPSA) is 64.6 Å². The van der Waals surface area contributed by atoms with Crippen LogP contribution in [-0.4, -0.2) is 30.1 Å². The number of aromatic nitrogens is 2. The summed E-state index contributed by atoms with van der Waals surface area (Å²) in [6.07, 6.45) is 5.99. The van der Waals surface area contributed by atoms with Crippen molar-refractivity contribution in [2.75, 3.05) is 19.1 Å². The van der Waals surface area contributed by atoms with Gasteiger partial charge in [0.1, 0.15) is 0 Å². The molecule has 0 saturated carbocycles. The number of aryl methyl sites for hydroxylation is 1. The van der Waals surface area contributed by atoms with Gasteiger partial charge in [0.25, 0.3) is 5.91 Å². The highest BCUT2D eigenvalue weighted by atomic mass is 32.1. The Morgan fingerprint density at radius 3 is 2.64 bits per heavy atom. The Kier molecular flexibility index (Phi) is 7.00. The highest BCUT2D eigenvalue weighted by Crippen LogP contribution is 2.31. The van der Waals surface area contributed by atoms with E-state index in [1.807, 2.05) is 42.5 Å². The molecule has 2 aromatic carbocycles. The second-order valence-electron chi connectivity index (χ2n) is 7.35. The highest BCUT2D eigenvalue weighted by Gasteiger charge is 2.19. The summed E-state index contributed by atoms with van der Waals surface area (Å²) in [5.41, 5.74) is 3.75. The number of nitrogens with zero attached hydrogens (tertiary/aromatic N) is 3. The molecule has 0 radical (unpaired) electrons. The van der Waals surface area contributed by atoms with Crippen LogP contribution in [0.2, 0.25) is 0 Å². The number of pyridine rings is 1. The monoisotopic (exact) mass is 459 g/mol. The van der Waals surface area contributed by atoms with Crippen LogP contribution in [0, 0.1) is 0 Å². The highest BCUT2D eigenvalue weighted by molar-refractivity contribution is 7.22. The molecule has 1 amide bonds. The number of hydrogen-bond acceptors (Lipinski definition) is 6. The van der Waals surface area contributed by atoms with E-state index in [0.29, 0.717) is 23.2 Å². The van der Waals surface area contributed by atoms with Crippen LogP contribution in [0.3, 0.4) is 0 Å². The van der Waals surface area contributed by atoms with Gasteiger partial charge in [0, 0.05) is 12.3 Å². The van der Waals surface area contributed by atoms with Crippen molar-refractivity contribution in [3.8, 4) is 11.5 Å². The Hall–Kier alpha value is -3.71. The molecule has 0 aliphatic heterocycles. The summed E-state index contributed by atoms with van der Waals surface area (Å²) in [6.45, 7) is 2.45. The van der Waals surface area contributed by atoms with Crippen LogP contribution in [0.25, 0.3) is 16.3 Å². The van der Waals surface area contributed by atoms with Crippen molar-refractivity contribution < 1.29 is 14.3 Å². The minimum Gasteiger partial charge on any atom is -0.493 e. The predicted molar refractivity (Wildman–Crippen MR) is 133 cm³/mol. The van der Waals surface area contributed by atoms with E-state index in [0.717, 1.165) is 27.9 Å². The fourth-order valence-corrected chi connectivity index (χ4v) is 4.43. The zero-order chi connectivity index (χ0) is 23.2. The number of ether oxygens (including phenoxy) is 2. The van der Waals surface area contributed by atoms with Crippen LogP contribution in [0.1, 0.15) is 23.7 Å². The lowest BCUT2D eigenvalue weighted by atomic mass is 10.2. The van der Waals surface area contributed by atoms with E-state index in [1.54, 1.807) is 37.5 Å². The second-order valence-corrected chi connectivity index (χ2v) is 8.35. The van der Waals surface area contributed by atoms with Crippen LogP contribution in [0.15, 0.2) is 66.9 Å². The van der Waals surface area contributed by atoms with Crippen molar-refractivity contribution in [3.05, 3.63) is 83.7 Å². The number of carbonyl (C=O) groups excluding carboxylic acids is 1. The zero-order valence-corrected chi connectivity index (χ0v) is 19.6. The first-order chi connectivity index (χ1) is 16.1. The maximum atomic E-state index is 13.3. The summed E-state index contributed by atoms with van der Waals surface area (Å²) < 4.78 is 11.7. The first-order valence-corrected chi connectivity index (χ1v) is 11.4. The third-order valence-corrected chi connectivity index (χ3v) is 6.26. The van der Waals surface area contributed by atoms with Gasteiger partial charge in [-0.2, -0.15) is 0 Å². The van der Waals surface area contributed by atoms with E-state index in [2.05, 4.69) is 24.0 Å². The van der Waals surface area contributed by atoms with Gasteiger partial charge >= 0.3 is 0 Å². The molecular weight excluding hydrogens is 434 g/mol. The predicted octanol–water partition coefficient (Wildman–Crippen LogP) is 5.52. The number of hydrogen-bond donors (Lipinski definition) is 0. The third-order valence-electron chi connectivity index (χ3n) is 5.22. The Morgan fingerprint density at radius 1 is 1.06 bits per heavy atom. The summed E-state index contributed by atoms with van der Waals surface area (Å²) in [5, 5.41) is 0.644. The molecule has 2 heterocycles. The third kappa shape index (κ3) is 5.21. The average molecular weight is 460 g/mol. The molecule has 0 aliphatic rings. The number of amides is 1. The number of anilines is 1. The lowest BCUT2D eigenvalue weighted by molar-refractivity contribution is -0.114. The molecule has 4 rings (SSSR count). The largest absolute Gasteiger partial charge is 0.493 e. The summed E-state index contributed by atoms with van der Waals surface area (Å²) in [5.74, 6) is 1.07. The lowest BCUT2D eigenvalue weighted by Crippen LogP contribution is -2.29. The van der Waals surface area contributed by atoms with Crippen LogP contribution in [0.5, 0.6) is 11.5 Å². The molecule has 0 aliphatic carbocycles. The van der Waals surface area contributed by atoms with Crippen LogP contribution in [0.4, 0.5) is 5.13 Å². The minimum atomic E-state index is -0.176. The maximum Gasteiger partial charge on any atom is 0.253 e. The van der Waals surface area contributed by atoms with Crippen LogP contribution >= 0.6 is 11.3 Å². The van der Waals surface area contributed by atoms with E-state index in [-0.39, 0.29) is 5.91 Å². The number of fused-ring (bicyclic) bond motifs is 1. The molecule has 0 spiro atoms. The Morgan fingerprint density at radius 2 is 1.91 bits per heavy atom. The van der Waals surface area contributed by atoms with Gasteiger partial charge in [0.2, 0.25) is 0 Å². The van der Waals surface area contributed by atoms with Gasteiger partial charge in [0.05, 0.1) is 36.7 Å². The second kappa shape index (κ2) is 10.3. The smallest absolute Gasteiger partial charge is 0.253 e. The Balaban J connectivity index is 1.66. The number of rotatable bonds is 8. The van der Waals surface area contributed by atoms with Gasteiger partial charge < -0.3 is 9.47 Å². The molecular formula is C26H25N3O3S. The number of methoxy groups -OCH3 is 2. The average Bonchev–Trinajstić information content (AvgIpc) is 3.29. The fraction of sp³-hybridized carbons (Fsp3) is 0.192. The fourth-order valence-electron chi connectivity index (χ4n) is 3.40. The van der Waals surface area contributed by atoms with Crippen molar-refractivity contribution >= 4 is 38.7 Å². The van der Waals surface area contributed by atoms with E-state index >= 15 is 0 Å². The van der Waals surface area contributed by atoms with Crippen molar-refractivity contribution in [1.29, 1.82) is 0 Å². The number of thiazole rings is 1. The molecule has 168 valence electrons. The Labute approximate surface area is 197 Å². The van der Waals surface area contributed by atoms with E-state index < -0.39 is 0 Å². The van der Waals surface area contributed by atoms with Crippen molar-refractivity contribution in [1.82, 2.24) is 9.97 Å². The molecule has 0 unspecified atom stereocenters. The van der Waals surface area contributed by atoms with E-state index in [4.69, 9.17) is 14.5 Å². The molecule has 0 N–H and O–H groups in total. The minimum absolute atomic E-state index is 0.176. The summed E-state index contributed by atoms with van der Waals surface area (Å²) in [4.78, 5) is 24.1. The van der Waals surface area contributed by atoms with Crippen molar-refractivity contribution in [2.24, 2.45) is 0 Å². The van der Waals surface area contributed by atoms with Gasteiger partial charge in [-0.25, -0.2) is 4.98 Å². The van der Waals surface area contributed by atoms with Crippen molar-refractivity contribution in [2.45, 2.75) is 19.9 Å². The first-order valence-electron chi connectivity index (χ1n) is 10.6. The van der Waals surface area contributed by atoms with Gasteiger partial charge in [0.15, 0.2) is 16.6 Å². The number of benzene rings is 2. The quantitative estimate of drug-likeness (QED) is 0.325. The molecule has 0 saturated heterocycles. The Bertz CT molecular complexity index is 1280. The molecule has 0 fully saturated rings. The normalized spacial score (nSPS) is 11.1. The summed E-state index contributed by atoms with van der Waals surface area (Å²) in [6, 6.07) is 17.4. The lowest BCUT2D eigenvalue weighted by Gasteiger charge is -2.17. The van der Waals surface area contributed by atoms with Crippen LogP contribution in [-0.2, 0) is 17.8 Å². The SMILES string of the molecule is CCc1ccc2nc(N(Cc3ccccn3)C(=O)/C=C/c3ccc(OC)c(OC)c3)sc2c1. The van der Waals surface area contributed by atoms with Gasteiger partial charge in [-0.15, -0.1) is 0 Å².